The Morgan fingerprint density at radius 2 is 2.17 bits per heavy atom. The molecule has 3 nitrogen and oxygen atoms in total. The van der Waals surface area contributed by atoms with Gasteiger partial charge in [-0.25, -0.2) is 0 Å². The standard InChI is InChI=1S/C2H3NO2S/c1-2-3-6(4)5/h2H,1H2. The first-order chi connectivity index (χ1) is 2.77. The Labute approximate surface area is 37.0 Å². The van der Waals surface area contributed by atoms with E-state index in [1.54, 1.807) is 0 Å². The molecule has 0 aliphatic heterocycles. The molecule has 0 bridgehead atoms. The Balaban J connectivity index is 4.17. The van der Waals surface area contributed by atoms with Gasteiger partial charge in [-0.2, -0.15) is 8.42 Å². The molecule has 0 rings (SSSR count). The second-order valence-electron chi connectivity index (χ2n) is 0.505. The van der Waals surface area contributed by atoms with Gasteiger partial charge in [0.25, 0.3) is 0 Å². The van der Waals surface area contributed by atoms with Gasteiger partial charge in [-0.15, -0.1) is 4.36 Å². The summed E-state index contributed by atoms with van der Waals surface area (Å²) in [5.74, 6) is 0. The number of hydrogen-bond acceptors (Lipinski definition) is 3. The van der Waals surface area contributed by atoms with Crippen LogP contribution in [0.1, 0.15) is 0 Å². The first-order valence-corrected chi connectivity index (χ1v) is 2.21. The summed E-state index contributed by atoms with van der Waals surface area (Å²) in [4.78, 5) is 0. The van der Waals surface area contributed by atoms with Crippen LogP contribution in [-0.4, -0.2) is 8.42 Å². The summed E-state index contributed by atoms with van der Waals surface area (Å²) in [6.07, 6.45) is 0.961. The van der Waals surface area contributed by atoms with Crippen molar-refractivity contribution in [3.05, 3.63) is 12.8 Å². The van der Waals surface area contributed by atoms with Crippen molar-refractivity contribution in [1.29, 1.82) is 0 Å². The monoisotopic (exact) mass is 105 g/mol. The van der Waals surface area contributed by atoms with Crippen LogP contribution >= 0.6 is 0 Å². The van der Waals surface area contributed by atoms with Crippen molar-refractivity contribution in [2.75, 3.05) is 0 Å². The summed E-state index contributed by atoms with van der Waals surface area (Å²) in [6, 6.07) is 0. The van der Waals surface area contributed by atoms with E-state index in [1.807, 2.05) is 0 Å². The van der Waals surface area contributed by atoms with E-state index in [-0.39, 0.29) is 0 Å². The second kappa shape index (κ2) is 2.59. The first-order valence-electron chi connectivity index (χ1n) is 1.18. The second-order valence-corrected chi connectivity index (χ2v) is 1.15. The molecule has 4 heteroatoms. The van der Waals surface area contributed by atoms with E-state index in [0.29, 0.717) is 0 Å². The summed E-state index contributed by atoms with van der Waals surface area (Å²) in [5.41, 5.74) is 0. The summed E-state index contributed by atoms with van der Waals surface area (Å²) in [6.45, 7) is 3.04. The van der Waals surface area contributed by atoms with Crippen molar-refractivity contribution in [2.24, 2.45) is 4.36 Å². The lowest BCUT2D eigenvalue weighted by Gasteiger charge is -1.48. The molecule has 0 heterocycles. The van der Waals surface area contributed by atoms with Gasteiger partial charge >= 0.3 is 10.5 Å². The predicted molar refractivity (Wildman–Crippen MR) is 21.5 cm³/mol. The fraction of sp³-hybridized carbons (Fsp3) is 0. The largest absolute Gasteiger partial charge is 0.315 e. The molecule has 0 spiro atoms. The van der Waals surface area contributed by atoms with E-state index >= 15 is 0 Å². The molecule has 0 atom stereocenters. The molecule has 6 heavy (non-hydrogen) atoms. The third-order valence-corrected chi connectivity index (χ3v) is 0.482. The highest BCUT2D eigenvalue weighted by Crippen LogP contribution is 1.58. The highest BCUT2D eigenvalue weighted by molar-refractivity contribution is 7.61. The van der Waals surface area contributed by atoms with Crippen LogP contribution in [0.2, 0.25) is 0 Å². The van der Waals surface area contributed by atoms with E-state index in [4.69, 9.17) is 0 Å². The van der Waals surface area contributed by atoms with Gasteiger partial charge in [0.05, 0.1) is 0 Å². The maximum absolute atomic E-state index is 9.36. The fourth-order valence-electron chi connectivity index (χ4n) is 0.0609. The minimum Gasteiger partial charge on any atom is -0.163 e. The van der Waals surface area contributed by atoms with Crippen LogP contribution in [0.15, 0.2) is 17.1 Å². The quantitative estimate of drug-likeness (QED) is 0.478. The van der Waals surface area contributed by atoms with Gasteiger partial charge in [0, 0.05) is 6.20 Å². The number of rotatable bonds is 1. The van der Waals surface area contributed by atoms with E-state index in [1.165, 1.54) is 0 Å². The molecular weight excluding hydrogens is 102 g/mol. The molecule has 0 saturated carbocycles. The third-order valence-electron chi connectivity index (χ3n) is 0.161. The lowest BCUT2D eigenvalue weighted by atomic mass is 11.1. The van der Waals surface area contributed by atoms with Gasteiger partial charge in [0.1, 0.15) is 0 Å². The highest BCUT2D eigenvalue weighted by atomic mass is 32.2. The lowest BCUT2D eigenvalue weighted by molar-refractivity contribution is 0.622. The van der Waals surface area contributed by atoms with Crippen LogP contribution in [-0.2, 0) is 10.5 Å². The SMILES string of the molecule is C=CN=S(=O)=O. The minimum atomic E-state index is -2.31. The van der Waals surface area contributed by atoms with Crippen LogP contribution < -0.4 is 0 Å². The van der Waals surface area contributed by atoms with Crippen molar-refractivity contribution in [3.8, 4) is 0 Å². The molecule has 0 amide bonds. The Morgan fingerprint density at radius 3 is 2.17 bits per heavy atom. The zero-order valence-electron chi connectivity index (χ0n) is 2.96. The maximum Gasteiger partial charge on any atom is 0.315 e. The number of nitrogens with zero attached hydrogens (tertiary/aromatic N) is 1. The van der Waals surface area contributed by atoms with Gasteiger partial charge < -0.3 is 0 Å². The van der Waals surface area contributed by atoms with Crippen molar-refractivity contribution in [1.82, 2.24) is 0 Å². The number of hydrogen-bond donors (Lipinski definition) is 0. The lowest BCUT2D eigenvalue weighted by Crippen LogP contribution is -1.46. The van der Waals surface area contributed by atoms with Crippen LogP contribution in [0.25, 0.3) is 0 Å². The normalized spacial score (nSPS) is 6.67. The van der Waals surface area contributed by atoms with Gasteiger partial charge in [-0.1, -0.05) is 6.58 Å². The van der Waals surface area contributed by atoms with E-state index in [9.17, 15) is 8.42 Å². The Bertz CT molecular complexity index is 146. The Morgan fingerprint density at radius 1 is 1.67 bits per heavy atom. The Hall–Kier alpha value is -0.640. The highest BCUT2D eigenvalue weighted by Gasteiger charge is 1.53. The van der Waals surface area contributed by atoms with Gasteiger partial charge in [0.15, 0.2) is 0 Å². The molecule has 0 aromatic heterocycles. The molecule has 0 unspecified atom stereocenters. The van der Waals surface area contributed by atoms with Crippen molar-refractivity contribution in [2.45, 2.75) is 0 Å². The zero-order chi connectivity index (χ0) is 4.99. The zero-order valence-corrected chi connectivity index (χ0v) is 3.77. The van der Waals surface area contributed by atoms with E-state index < -0.39 is 10.5 Å². The predicted octanol–water partition coefficient (Wildman–Crippen LogP) is 0.193. The summed E-state index contributed by atoms with van der Waals surface area (Å²) < 4.78 is 21.5. The maximum atomic E-state index is 9.36. The van der Waals surface area contributed by atoms with Crippen LogP contribution in [0.4, 0.5) is 0 Å². The summed E-state index contributed by atoms with van der Waals surface area (Å²) in [5, 5.41) is 0. The van der Waals surface area contributed by atoms with Gasteiger partial charge in [0.2, 0.25) is 0 Å². The first kappa shape index (κ1) is 5.36. The molecule has 0 aromatic rings. The average molecular weight is 105 g/mol. The molecule has 0 aromatic carbocycles. The van der Waals surface area contributed by atoms with Crippen molar-refractivity contribution < 1.29 is 8.42 Å². The molecule has 0 radical (unpaired) electrons. The molecule has 0 saturated heterocycles. The topological polar surface area (TPSA) is 46.5 Å². The van der Waals surface area contributed by atoms with E-state index in [2.05, 4.69) is 10.9 Å². The molecule has 34 valence electrons. The molecule has 0 aliphatic carbocycles. The average Bonchev–Trinajstić information content (AvgIpc) is 1.35. The van der Waals surface area contributed by atoms with Gasteiger partial charge in [-0.05, 0) is 0 Å². The summed E-state index contributed by atoms with van der Waals surface area (Å²) in [7, 11) is -2.31. The van der Waals surface area contributed by atoms with Crippen molar-refractivity contribution in [3.63, 3.8) is 0 Å². The van der Waals surface area contributed by atoms with Crippen LogP contribution in [0.3, 0.4) is 0 Å². The smallest absolute Gasteiger partial charge is 0.163 e. The van der Waals surface area contributed by atoms with Crippen LogP contribution in [0, 0.1) is 0 Å². The van der Waals surface area contributed by atoms with Crippen LogP contribution in [0.5, 0.6) is 0 Å². The molecular formula is C2H3NO2S. The Kier molecular flexibility index (Phi) is 2.31. The molecule has 0 N–H and O–H groups in total. The van der Waals surface area contributed by atoms with Crippen molar-refractivity contribution >= 4 is 10.5 Å². The molecule has 0 fully saturated rings. The molecule has 0 aliphatic rings. The minimum absolute atomic E-state index is 0.961. The van der Waals surface area contributed by atoms with E-state index in [0.717, 1.165) is 6.20 Å². The van der Waals surface area contributed by atoms with Gasteiger partial charge in [-0.3, -0.25) is 0 Å². The fourth-order valence-corrected chi connectivity index (χ4v) is 0.183. The third kappa shape index (κ3) is 3.36. The summed E-state index contributed by atoms with van der Waals surface area (Å²) >= 11 is 0.